The van der Waals surface area contributed by atoms with Crippen LogP contribution in [0.15, 0.2) is 47.4 Å². The lowest BCUT2D eigenvalue weighted by Crippen LogP contribution is -2.33. The van der Waals surface area contributed by atoms with Crippen LogP contribution in [0.1, 0.15) is 29.8 Å². The average Bonchev–Trinajstić information content (AvgIpc) is 2.76. The van der Waals surface area contributed by atoms with E-state index in [1.54, 1.807) is 31.2 Å². The number of carboxylic acid groups (broad SMARTS) is 1. The van der Waals surface area contributed by atoms with Crippen LogP contribution in [0.25, 0.3) is 0 Å². The number of hydrogen-bond donors (Lipinski definition) is 1. The number of sulfonamides is 1. The summed E-state index contributed by atoms with van der Waals surface area (Å²) in [7, 11) is -2.58. The van der Waals surface area contributed by atoms with Crippen LogP contribution in [0, 0.1) is 18.8 Å². The number of hydrogen-bond acceptors (Lipinski definition) is 5. The topological polar surface area (TPSA) is 87.2 Å². The molecule has 8 heteroatoms. The van der Waals surface area contributed by atoms with Gasteiger partial charge >= 0.3 is 5.97 Å². The SMILES string of the molecule is CCN(CC)CC#CCN(c1c(C)cccc1C(=O)O)S(=O)(=O)c1ccc(OC)cc1. The second kappa shape index (κ2) is 10.8. The van der Waals surface area contributed by atoms with E-state index in [-0.39, 0.29) is 22.7 Å². The molecule has 0 aliphatic heterocycles. The van der Waals surface area contributed by atoms with Crippen LogP contribution in [0.2, 0.25) is 0 Å². The Hall–Kier alpha value is -3.02. The van der Waals surface area contributed by atoms with Gasteiger partial charge in [0.25, 0.3) is 10.0 Å². The Kier molecular flexibility index (Phi) is 8.48. The number of carbonyl (C=O) groups is 1. The molecule has 0 bridgehead atoms. The van der Waals surface area contributed by atoms with Gasteiger partial charge in [-0.1, -0.05) is 37.8 Å². The first-order valence-electron chi connectivity index (χ1n) is 9.94. The van der Waals surface area contributed by atoms with Gasteiger partial charge < -0.3 is 9.84 Å². The first-order valence-corrected chi connectivity index (χ1v) is 11.4. The van der Waals surface area contributed by atoms with E-state index in [1.807, 2.05) is 13.8 Å². The predicted octanol–water partition coefficient (Wildman–Crippen LogP) is 3.24. The van der Waals surface area contributed by atoms with Crippen molar-refractivity contribution in [2.75, 3.05) is 37.6 Å². The Morgan fingerprint density at radius 3 is 2.19 bits per heavy atom. The van der Waals surface area contributed by atoms with Crippen LogP contribution >= 0.6 is 0 Å². The Morgan fingerprint density at radius 1 is 1.03 bits per heavy atom. The number of nitrogens with zero attached hydrogens (tertiary/aromatic N) is 2. The van der Waals surface area contributed by atoms with Gasteiger partial charge in [0.05, 0.1) is 36.3 Å². The molecule has 0 fully saturated rings. The Bertz CT molecular complexity index is 1070. The first kappa shape index (κ1) is 24.3. The van der Waals surface area contributed by atoms with Crippen LogP contribution < -0.4 is 9.04 Å². The summed E-state index contributed by atoms with van der Waals surface area (Å²) in [6, 6.07) is 10.6. The number of anilines is 1. The standard InChI is InChI=1S/C23H28N2O5S/c1-5-24(6-2)16-7-8-17-25(22-18(3)10-9-11-21(22)23(26)27)31(28,29)20-14-12-19(30-4)13-15-20/h9-15H,5-6,16-17H2,1-4H3,(H,26,27). The number of para-hydroxylation sites is 1. The zero-order valence-corrected chi connectivity index (χ0v) is 19.1. The van der Waals surface area contributed by atoms with Gasteiger partial charge in [-0.25, -0.2) is 13.2 Å². The number of aromatic carboxylic acids is 1. The molecule has 1 N–H and O–H groups in total. The van der Waals surface area contributed by atoms with E-state index in [4.69, 9.17) is 4.74 Å². The monoisotopic (exact) mass is 444 g/mol. The number of carboxylic acids is 1. The Labute approximate surface area is 184 Å². The Balaban J connectivity index is 2.56. The third kappa shape index (κ3) is 5.78. The lowest BCUT2D eigenvalue weighted by molar-refractivity contribution is 0.0697. The van der Waals surface area contributed by atoms with Crippen molar-refractivity contribution in [3.05, 3.63) is 53.6 Å². The second-order valence-corrected chi connectivity index (χ2v) is 8.64. The largest absolute Gasteiger partial charge is 0.497 e. The summed E-state index contributed by atoms with van der Waals surface area (Å²) in [6.45, 7) is 7.74. The fourth-order valence-corrected chi connectivity index (χ4v) is 4.52. The van der Waals surface area contributed by atoms with E-state index < -0.39 is 16.0 Å². The zero-order chi connectivity index (χ0) is 23.0. The highest BCUT2D eigenvalue weighted by Crippen LogP contribution is 2.31. The van der Waals surface area contributed by atoms with Gasteiger partial charge in [-0.3, -0.25) is 9.21 Å². The predicted molar refractivity (Wildman–Crippen MR) is 121 cm³/mol. The van der Waals surface area contributed by atoms with Gasteiger partial charge in [0.2, 0.25) is 0 Å². The van der Waals surface area contributed by atoms with Crippen molar-refractivity contribution >= 4 is 21.7 Å². The molecule has 0 atom stereocenters. The molecule has 31 heavy (non-hydrogen) atoms. The van der Waals surface area contributed by atoms with Crippen molar-refractivity contribution in [2.45, 2.75) is 25.7 Å². The summed E-state index contributed by atoms with van der Waals surface area (Å²) in [5.41, 5.74) is 0.549. The minimum absolute atomic E-state index is 0.0263. The normalized spacial score (nSPS) is 11.0. The maximum atomic E-state index is 13.5. The fourth-order valence-electron chi connectivity index (χ4n) is 3.06. The molecule has 7 nitrogen and oxygen atoms in total. The summed E-state index contributed by atoms with van der Waals surface area (Å²) in [5, 5.41) is 9.67. The van der Waals surface area contributed by atoms with Gasteiger partial charge in [-0.05, 0) is 55.9 Å². The van der Waals surface area contributed by atoms with Crippen molar-refractivity contribution in [3.8, 4) is 17.6 Å². The third-order valence-corrected chi connectivity index (χ3v) is 6.67. The smallest absolute Gasteiger partial charge is 0.337 e. The van der Waals surface area contributed by atoms with Crippen LogP contribution in [-0.4, -0.2) is 57.7 Å². The number of aryl methyl sites for hydroxylation is 1. The highest BCUT2D eigenvalue weighted by Gasteiger charge is 2.29. The van der Waals surface area contributed by atoms with Crippen LogP contribution in [-0.2, 0) is 10.0 Å². The molecule has 0 saturated heterocycles. The molecular formula is C23H28N2O5S. The summed E-state index contributed by atoms with van der Waals surface area (Å²) < 4.78 is 33.2. The van der Waals surface area contributed by atoms with Crippen molar-refractivity contribution in [1.29, 1.82) is 0 Å². The summed E-state index contributed by atoms with van der Waals surface area (Å²) in [4.78, 5) is 14.0. The molecule has 0 aliphatic carbocycles. The molecule has 2 aromatic carbocycles. The summed E-state index contributed by atoms with van der Waals surface area (Å²) in [5.74, 6) is 5.23. The van der Waals surface area contributed by atoms with Crippen molar-refractivity contribution < 1.29 is 23.1 Å². The van der Waals surface area contributed by atoms with Gasteiger partial charge in [-0.2, -0.15) is 0 Å². The number of benzene rings is 2. The van der Waals surface area contributed by atoms with E-state index >= 15 is 0 Å². The maximum absolute atomic E-state index is 13.5. The molecular weight excluding hydrogens is 416 g/mol. The van der Waals surface area contributed by atoms with Crippen molar-refractivity contribution in [3.63, 3.8) is 0 Å². The van der Waals surface area contributed by atoms with Crippen molar-refractivity contribution in [1.82, 2.24) is 4.90 Å². The minimum Gasteiger partial charge on any atom is -0.497 e. The second-order valence-electron chi connectivity index (χ2n) is 6.78. The number of rotatable bonds is 9. The number of methoxy groups -OCH3 is 1. The lowest BCUT2D eigenvalue weighted by Gasteiger charge is -2.25. The molecule has 0 spiro atoms. The van der Waals surface area contributed by atoms with E-state index in [2.05, 4.69) is 16.7 Å². The number of ether oxygens (including phenoxy) is 1. The molecule has 2 rings (SSSR count). The van der Waals surface area contributed by atoms with Crippen LogP contribution in [0.5, 0.6) is 5.75 Å². The highest BCUT2D eigenvalue weighted by molar-refractivity contribution is 7.92. The lowest BCUT2D eigenvalue weighted by atomic mass is 10.1. The van der Waals surface area contributed by atoms with E-state index in [9.17, 15) is 18.3 Å². The molecule has 2 aromatic rings. The van der Waals surface area contributed by atoms with Crippen LogP contribution in [0.3, 0.4) is 0 Å². The Morgan fingerprint density at radius 2 is 1.65 bits per heavy atom. The molecule has 0 heterocycles. The van der Waals surface area contributed by atoms with E-state index in [0.29, 0.717) is 17.9 Å². The minimum atomic E-state index is -4.07. The van der Waals surface area contributed by atoms with Crippen molar-refractivity contribution in [2.24, 2.45) is 0 Å². The van der Waals surface area contributed by atoms with Gasteiger partial charge in [0.15, 0.2) is 0 Å². The molecule has 0 saturated carbocycles. The molecule has 166 valence electrons. The van der Waals surface area contributed by atoms with Gasteiger partial charge in [0.1, 0.15) is 5.75 Å². The molecule has 0 radical (unpaired) electrons. The third-order valence-electron chi connectivity index (χ3n) is 4.91. The quantitative estimate of drug-likeness (QED) is 0.598. The fraction of sp³-hybridized carbons (Fsp3) is 0.348. The van der Waals surface area contributed by atoms with E-state index in [1.165, 1.54) is 25.3 Å². The molecule has 0 amide bonds. The zero-order valence-electron chi connectivity index (χ0n) is 18.3. The maximum Gasteiger partial charge on any atom is 0.337 e. The molecule has 0 aliphatic rings. The van der Waals surface area contributed by atoms with Gasteiger partial charge in [0, 0.05) is 0 Å². The van der Waals surface area contributed by atoms with E-state index in [0.717, 1.165) is 17.4 Å². The first-order chi connectivity index (χ1) is 14.8. The molecule has 0 aromatic heterocycles. The molecule has 0 unspecified atom stereocenters. The van der Waals surface area contributed by atoms with Gasteiger partial charge in [-0.15, -0.1) is 0 Å². The summed E-state index contributed by atoms with van der Waals surface area (Å²) >= 11 is 0. The van der Waals surface area contributed by atoms with Crippen LogP contribution in [0.4, 0.5) is 5.69 Å². The highest BCUT2D eigenvalue weighted by atomic mass is 32.2. The average molecular weight is 445 g/mol. The summed E-state index contributed by atoms with van der Waals surface area (Å²) in [6.07, 6.45) is 0.